The summed E-state index contributed by atoms with van der Waals surface area (Å²) in [6.45, 7) is 2.36. The molecule has 29 heavy (non-hydrogen) atoms. The molecule has 2 saturated heterocycles. The predicted molar refractivity (Wildman–Crippen MR) is 111 cm³/mol. The number of rotatable bonds is 4. The lowest BCUT2D eigenvalue weighted by Gasteiger charge is -2.28. The zero-order valence-electron chi connectivity index (χ0n) is 16.5. The molecule has 7 nitrogen and oxygen atoms in total. The monoisotopic (exact) mass is 418 g/mol. The molecule has 156 valence electrons. The minimum absolute atomic E-state index is 0.0205. The Hall–Kier alpha value is -2.16. The highest BCUT2D eigenvalue weighted by Gasteiger charge is 2.32. The normalized spacial score (nSPS) is 21.7. The van der Waals surface area contributed by atoms with Gasteiger partial charge in [-0.05, 0) is 30.3 Å². The van der Waals surface area contributed by atoms with Crippen LogP contribution < -0.4 is 0 Å². The van der Waals surface area contributed by atoms with Crippen LogP contribution in [0.15, 0.2) is 30.3 Å². The SMILES string of the molecule is CN(Cc1c(O)c(C(=O)N2CCOCC2)cc2ccccc12)C1CCS(=O)(=O)C1. The number of ether oxygens (including phenoxy) is 1. The molecule has 1 amide bonds. The van der Waals surface area contributed by atoms with Gasteiger partial charge in [0.05, 0.1) is 30.3 Å². The van der Waals surface area contributed by atoms with Crippen molar-refractivity contribution in [2.45, 2.75) is 19.0 Å². The van der Waals surface area contributed by atoms with Gasteiger partial charge in [0.1, 0.15) is 5.75 Å². The van der Waals surface area contributed by atoms with Crippen LogP contribution in [0.1, 0.15) is 22.3 Å². The van der Waals surface area contributed by atoms with E-state index in [0.717, 1.165) is 10.8 Å². The van der Waals surface area contributed by atoms with Gasteiger partial charge in [0.2, 0.25) is 0 Å². The van der Waals surface area contributed by atoms with Crippen molar-refractivity contribution in [1.29, 1.82) is 0 Å². The van der Waals surface area contributed by atoms with Crippen molar-refractivity contribution in [3.63, 3.8) is 0 Å². The number of fused-ring (bicyclic) bond motifs is 1. The Morgan fingerprint density at radius 1 is 1.28 bits per heavy atom. The number of morpholine rings is 1. The number of sulfone groups is 1. The summed E-state index contributed by atoms with van der Waals surface area (Å²) in [4.78, 5) is 16.7. The van der Waals surface area contributed by atoms with Crippen LogP contribution in [-0.2, 0) is 21.1 Å². The Balaban J connectivity index is 1.70. The summed E-state index contributed by atoms with van der Waals surface area (Å²) in [5.41, 5.74) is 0.944. The Morgan fingerprint density at radius 3 is 2.69 bits per heavy atom. The number of carbonyl (C=O) groups is 1. The molecule has 1 atom stereocenters. The minimum Gasteiger partial charge on any atom is -0.507 e. The number of hydrogen-bond donors (Lipinski definition) is 1. The average molecular weight is 419 g/mol. The zero-order valence-corrected chi connectivity index (χ0v) is 17.3. The van der Waals surface area contributed by atoms with Gasteiger partial charge in [0.25, 0.3) is 5.91 Å². The van der Waals surface area contributed by atoms with E-state index < -0.39 is 9.84 Å². The quantitative estimate of drug-likeness (QED) is 0.812. The second-order valence-electron chi connectivity index (χ2n) is 7.85. The molecule has 0 radical (unpaired) electrons. The van der Waals surface area contributed by atoms with E-state index in [4.69, 9.17) is 4.74 Å². The van der Waals surface area contributed by atoms with Crippen molar-refractivity contribution in [3.8, 4) is 5.75 Å². The highest BCUT2D eigenvalue weighted by molar-refractivity contribution is 7.91. The van der Waals surface area contributed by atoms with Gasteiger partial charge in [0.15, 0.2) is 9.84 Å². The van der Waals surface area contributed by atoms with E-state index in [1.165, 1.54) is 0 Å². The lowest BCUT2D eigenvalue weighted by Crippen LogP contribution is -2.40. The van der Waals surface area contributed by atoms with E-state index >= 15 is 0 Å². The smallest absolute Gasteiger partial charge is 0.257 e. The van der Waals surface area contributed by atoms with E-state index in [2.05, 4.69) is 0 Å². The molecule has 0 bridgehead atoms. The van der Waals surface area contributed by atoms with Gasteiger partial charge >= 0.3 is 0 Å². The van der Waals surface area contributed by atoms with Crippen LogP contribution >= 0.6 is 0 Å². The van der Waals surface area contributed by atoms with Crippen LogP contribution in [0.4, 0.5) is 0 Å². The maximum atomic E-state index is 13.1. The van der Waals surface area contributed by atoms with Gasteiger partial charge in [-0.3, -0.25) is 9.69 Å². The standard InChI is InChI=1S/C21H26N2O5S/c1-22(16-6-11-29(26,27)14-16)13-19-17-5-3-2-4-15(17)12-18(20(19)24)21(25)23-7-9-28-10-8-23/h2-5,12,16,24H,6-11,13-14H2,1H3. The number of hydrogen-bond acceptors (Lipinski definition) is 6. The highest BCUT2D eigenvalue weighted by Crippen LogP contribution is 2.34. The second kappa shape index (κ2) is 7.93. The molecule has 2 aromatic carbocycles. The lowest BCUT2D eigenvalue weighted by atomic mass is 9.97. The largest absolute Gasteiger partial charge is 0.507 e. The molecule has 1 N–H and O–H groups in total. The molecule has 0 aliphatic carbocycles. The number of phenols is 1. The molecule has 0 saturated carbocycles. The van der Waals surface area contributed by atoms with Crippen LogP contribution in [0.25, 0.3) is 10.8 Å². The predicted octanol–water partition coefficient (Wildman–Crippen LogP) is 1.64. The molecular weight excluding hydrogens is 392 g/mol. The number of benzene rings is 2. The molecule has 2 aliphatic heterocycles. The van der Waals surface area contributed by atoms with Gasteiger partial charge in [-0.1, -0.05) is 24.3 Å². The fourth-order valence-electron chi connectivity index (χ4n) is 4.17. The Morgan fingerprint density at radius 2 is 2.00 bits per heavy atom. The van der Waals surface area contributed by atoms with Crippen LogP contribution in [0.2, 0.25) is 0 Å². The van der Waals surface area contributed by atoms with Crippen LogP contribution in [0.5, 0.6) is 5.75 Å². The van der Waals surface area contributed by atoms with Crippen molar-refractivity contribution < 1.29 is 23.1 Å². The van der Waals surface area contributed by atoms with Crippen molar-refractivity contribution >= 4 is 26.5 Å². The first kappa shape index (κ1) is 20.1. The van der Waals surface area contributed by atoms with Gasteiger partial charge in [-0.25, -0.2) is 8.42 Å². The third-order valence-corrected chi connectivity index (χ3v) is 7.65. The van der Waals surface area contributed by atoms with Gasteiger partial charge in [-0.2, -0.15) is 0 Å². The summed E-state index contributed by atoms with van der Waals surface area (Å²) in [5.74, 6) is 0.107. The van der Waals surface area contributed by atoms with Gasteiger partial charge < -0.3 is 14.7 Å². The Bertz CT molecular complexity index is 1030. The maximum absolute atomic E-state index is 13.1. The summed E-state index contributed by atoms with van der Waals surface area (Å²) in [7, 11) is -1.13. The first-order chi connectivity index (χ1) is 13.9. The highest BCUT2D eigenvalue weighted by atomic mass is 32.2. The topological polar surface area (TPSA) is 87.2 Å². The van der Waals surface area contributed by atoms with Crippen LogP contribution in [-0.4, -0.2) is 80.1 Å². The van der Waals surface area contributed by atoms with Crippen LogP contribution in [0, 0.1) is 0 Å². The van der Waals surface area contributed by atoms with Crippen molar-refractivity contribution in [3.05, 3.63) is 41.5 Å². The summed E-state index contributed by atoms with van der Waals surface area (Å²) < 4.78 is 29.0. The summed E-state index contributed by atoms with van der Waals surface area (Å²) in [6.07, 6.45) is 0.587. The number of carbonyl (C=O) groups excluding carboxylic acids is 1. The summed E-state index contributed by atoms with van der Waals surface area (Å²) in [6, 6.07) is 9.30. The second-order valence-corrected chi connectivity index (χ2v) is 10.1. The molecule has 2 aliphatic rings. The number of aromatic hydroxyl groups is 1. The third kappa shape index (κ3) is 4.10. The first-order valence-electron chi connectivity index (χ1n) is 9.87. The van der Waals surface area contributed by atoms with Crippen molar-refractivity contribution in [1.82, 2.24) is 9.80 Å². The maximum Gasteiger partial charge on any atom is 0.257 e. The Labute approximate surface area is 170 Å². The van der Waals surface area contributed by atoms with Crippen molar-refractivity contribution in [2.24, 2.45) is 0 Å². The number of amides is 1. The molecule has 2 aromatic rings. The molecule has 4 rings (SSSR count). The van der Waals surface area contributed by atoms with E-state index in [-0.39, 0.29) is 34.8 Å². The average Bonchev–Trinajstić information content (AvgIpc) is 3.10. The van der Waals surface area contributed by atoms with Crippen molar-refractivity contribution in [2.75, 3.05) is 44.9 Å². The Kier molecular flexibility index (Phi) is 5.50. The van der Waals surface area contributed by atoms with E-state index in [9.17, 15) is 18.3 Å². The minimum atomic E-state index is -3.00. The molecule has 8 heteroatoms. The number of nitrogens with zero attached hydrogens (tertiary/aromatic N) is 2. The zero-order chi connectivity index (χ0) is 20.6. The molecular formula is C21H26N2O5S. The molecule has 0 spiro atoms. The summed E-state index contributed by atoms with van der Waals surface area (Å²) >= 11 is 0. The number of phenolic OH excluding ortho intramolecular Hbond substituents is 1. The summed E-state index contributed by atoms with van der Waals surface area (Å²) in [5, 5.41) is 12.8. The van der Waals surface area contributed by atoms with E-state index in [0.29, 0.717) is 44.8 Å². The van der Waals surface area contributed by atoms with E-state index in [1.54, 1.807) is 11.0 Å². The lowest BCUT2D eigenvalue weighted by molar-refractivity contribution is 0.0301. The van der Waals surface area contributed by atoms with Gasteiger partial charge in [0, 0.05) is 31.2 Å². The molecule has 0 aromatic heterocycles. The third-order valence-electron chi connectivity index (χ3n) is 5.89. The van der Waals surface area contributed by atoms with E-state index in [1.807, 2.05) is 36.2 Å². The molecule has 2 heterocycles. The van der Waals surface area contributed by atoms with Gasteiger partial charge in [-0.15, -0.1) is 0 Å². The first-order valence-corrected chi connectivity index (χ1v) is 11.7. The molecule has 1 unspecified atom stereocenters. The van der Waals surface area contributed by atoms with Crippen LogP contribution in [0.3, 0.4) is 0 Å². The fourth-order valence-corrected chi connectivity index (χ4v) is 5.98. The molecule has 2 fully saturated rings. The fraction of sp³-hybridized carbons (Fsp3) is 0.476.